The highest BCUT2D eigenvalue weighted by Crippen LogP contribution is 2.33. The predicted molar refractivity (Wildman–Crippen MR) is 133 cm³/mol. The normalized spacial score (nSPS) is 21.9. The van der Waals surface area contributed by atoms with Gasteiger partial charge in [0.1, 0.15) is 6.42 Å². The molecule has 1 aliphatic carbocycles. The largest absolute Gasteiger partial charge is 0.453 e. The second-order valence-electron chi connectivity index (χ2n) is 9.64. The van der Waals surface area contributed by atoms with Gasteiger partial charge in [0.15, 0.2) is 0 Å². The maximum Gasteiger partial charge on any atom is 0.429 e. The number of hydrogen-bond acceptors (Lipinski definition) is 8. The zero-order valence-electron chi connectivity index (χ0n) is 20.9. The van der Waals surface area contributed by atoms with Crippen LogP contribution in [0.1, 0.15) is 54.5 Å². The van der Waals surface area contributed by atoms with Crippen molar-refractivity contribution >= 4 is 23.5 Å². The number of hydrogen-bond donors (Lipinski definition) is 0. The third-order valence-electron chi connectivity index (χ3n) is 6.89. The molecule has 2 aromatic rings. The average molecular weight is 540 g/mol. The van der Waals surface area contributed by atoms with E-state index in [9.17, 15) is 18.0 Å². The van der Waals surface area contributed by atoms with Crippen molar-refractivity contribution < 1.29 is 27.1 Å². The molecule has 0 unspecified atom stereocenters. The third kappa shape index (κ3) is 7.94. The van der Waals surface area contributed by atoms with E-state index in [0.717, 1.165) is 74.8 Å². The minimum Gasteiger partial charge on any atom is -0.453 e. The van der Waals surface area contributed by atoms with Crippen LogP contribution in [0.4, 0.5) is 13.2 Å². The van der Waals surface area contributed by atoms with Crippen molar-refractivity contribution in [1.29, 1.82) is 0 Å². The number of aromatic nitrogens is 3. The Kier molecular flexibility index (Phi) is 9.12. The number of carbonyl (C=O) groups excluding carboxylic acids is 1. The van der Waals surface area contributed by atoms with E-state index >= 15 is 0 Å². The monoisotopic (exact) mass is 539 g/mol. The maximum atomic E-state index is 13.0. The van der Waals surface area contributed by atoms with E-state index in [1.807, 2.05) is 0 Å². The average Bonchev–Trinajstić information content (AvgIpc) is 3.40. The number of amides is 1. The number of nitrogens with zero attached hydrogens (tertiary/aromatic N) is 5. The van der Waals surface area contributed by atoms with Gasteiger partial charge in [0, 0.05) is 37.5 Å². The molecule has 3 heterocycles. The Morgan fingerprint density at radius 2 is 2.03 bits per heavy atom. The van der Waals surface area contributed by atoms with E-state index in [1.165, 1.54) is 11.3 Å². The lowest BCUT2D eigenvalue weighted by Gasteiger charge is -2.28. The molecule has 0 bridgehead atoms. The summed E-state index contributed by atoms with van der Waals surface area (Å²) in [6, 6.07) is 0. The van der Waals surface area contributed by atoms with Crippen LogP contribution in [0.25, 0.3) is 0 Å². The minimum absolute atomic E-state index is 0.0296. The number of carbonyl (C=O) groups is 1. The van der Waals surface area contributed by atoms with Crippen LogP contribution in [0.15, 0.2) is 22.1 Å². The Bertz CT molecular complexity index is 1070. The third-order valence-corrected chi connectivity index (χ3v) is 7.94. The van der Waals surface area contributed by atoms with Crippen LogP contribution in [0, 0.1) is 18.8 Å². The molecule has 8 nitrogen and oxygen atoms in total. The highest BCUT2D eigenvalue weighted by Gasteiger charge is 2.40. The van der Waals surface area contributed by atoms with Crippen LogP contribution in [0.5, 0.6) is 5.19 Å². The minimum atomic E-state index is -4.50. The smallest absolute Gasteiger partial charge is 0.429 e. The molecule has 1 fully saturated rings. The molecule has 1 amide bonds. The van der Waals surface area contributed by atoms with Crippen LogP contribution in [-0.4, -0.2) is 64.1 Å². The second kappa shape index (κ2) is 12.3. The van der Waals surface area contributed by atoms with Crippen LogP contribution >= 0.6 is 11.3 Å². The Hall–Kier alpha value is -2.60. The van der Waals surface area contributed by atoms with E-state index in [-0.39, 0.29) is 17.5 Å². The van der Waals surface area contributed by atoms with E-state index in [0.29, 0.717) is 30.0 Å². The number of thiazole rings is 1. The quantitative estimate of drug-likeness (QED) is 0.335. The lowest BCUT2D eigenvalue weighted by Crippen LogP contribution is -2.32. The summed E-state index contributed by atoms with van der Waals surface area (Å²) in [7, 11) is 0. The number of alkyl halides is 3. The molecule has 12 heteroatoms. The first-order valence-electron chi connectivity index (χ1n) is 12.6. The molecule has 1 atom stereocenters. The summed E-state index contributed by atoms with van der Waals surface area (Å²) in [5, 5.41) is 7.60. The summed E-state index contributed by atoms with van der Waals surface area (Å²) in [5.41, 5.74) is 0.844. The van der Waals surface area contributed by atoms with Gasteiger partial charge >= 0.3 is 6.18 Å². The van der Waals surface area contributed by atoms with Gasteiger partial charge in [0.2, 0.25) is 17.9 Å². The molecule has 0 radical (unpaired) electrons. The summed E-state index contributed by atoms with van der Waals surface area (Å²) in [6.45, 7) is 7.60. The predicted octanol–water partition coefficient (Wildman–Crippen LogP) is 4.77. The Morgan fingerprint density at radius 3 is 2.70 bits per heavy atom. The van der Waals surface area contributed by atoms with Crippen LogP contribution in [0.2, 0.25) is 0 Å². The highest BCUT2D eigenvalue weighted by molar-refractivity contribution is 7.13. The van der Waals surface area contributed by atoms with Gasteiger partial charge in [-0.3, -0.25) is 4.79 Å². The number of fused-ring (bicyclic) bond motifs is 1. The SMILES string of the molecule is C=C[C@H](Oc1nc2c(s1)CCN(CCC1CCC(C=NC(=O)Cc3nnc(C)o3)CC1)CC2)C(F)(F)F. The Balaban J connectivity index is 1.16. The van der Waals surface area contributed by atoms with Crippen molar-refractivity contribution in [2.45, 2.75) is 70.6 Å². The van der Waals surface area contributed by atoms with Gasteiger partial charge < -0.3 is 14.1 Å². The van der Waals surface area contributed by atoms with E-state index in [1.54, 1.807) is 13.1 Å². The van der Waals surface area contributed by atoms with Gasteiger partial charge in [-0.15, -0.1) is 10.2 Å². The van der Waals surface area contributed by atoms with E-state index in [4.69, 9.17) is 9.15 Å². The molecular weight excluding hydrogens is 507 g/mol. The van der Waals surface area contributed by atoms with Crippen molar-refractivity contribution in [1.82, 2.24) is 20.1 Å². The lowest BCUT2D eigenvalue weighted by molar-refractivity contribution is -0.179. The van der Waals surface area contributed by atoms with Crippen LogP contribution in [0.3, 0.4) is 0 Å². The fraction of sp³-hybridized carbons (Fsp3) is 0.640. The van der Waals surface area contributed by atoms with Gasteiger partial charge in [-0.25, -0.2) is 9.98 Å². The molecule has 0 aromatic carbocycles. The standard InChI is InChI=1S/C25H32F3N5O3S/c1-3-21(25(26,27)28)36-24-30-19-9-12-33(13-10-20(19)37-24)11-8-17-4-6-18(7-5-17)15-29-22(34)14-23-32-31-16(2)35-23/h3,15,17-18,21H,1,4-14H2,2H3/t17?,18?,21-/m0/s1. The lowest BCUT2D eigenvalue weighted by atomic mass is 9.81. The summed E-state index contributed by atoms with van der Waals surface area (Å²) < 4.78 is 49.1. The van der Waals surface area contributed by atoms with Crippen molar-refractivity contribution in [2.24, 2.45) is 16.8 Å². The van der Waals surface area contributed by atoms with Crippen LogP contribution < -0.4 is 4.74 Å². The molecule has 1 saturated carbocycles. The number of rotatable bonds is 9. The number of aliphatic imine (C=N–C) groups is 1. The first-order chi connectivity index (χ1) is 17.7. The molecule has 1 aliphatic heterocycles. The van der Waals surface area contributed by atoms with Crippen LogP contribution in [-0.2, 0) is 24.1 Å². The zero-order chi connectivity index (χ0) is 26.4. The van der Waals surface area contributed by atoms with Gasteiger partial charge in [0.05, 0.1) is 5.69 Å². The Labute approximate surface area is 218 Å². The van der Waals surface area contributed by atoms with Crippen molar-refractivity contribution in [3.8, 4) is 5.19 Å². The number of ether oxygens (including phenoxy) is 1. The van der Waals surface area contributed by atoms with Crippen molar-refractivity contribution in [3.63, 3.8) is 0 Å². The molecule has 0 N–H and O–H groups in total. The molecule has 0 saturated heterocycles. The van der Waals surface area contributed by atoms with E-state index < -0.39 is 12.3 Å². The van der Waals surface area contributed by atoms with Crippen molar-refractivity contribution in [3.05, 3.63) is 35.0 Å². The second-order valence-corrected chi connectivity index (χ2v) is 10.7. The Morgan fingerprint density at radius 1 is 1.27 bits per heavy atom. The molecule has 0 spiro atoms. The maximum absolute atomic E-state index is 13.0. The van der Waals surface area contributed by atoms with Crippen molar-refractivity contribution in [2.75, 3.05) is 19.6 Å². The summed E-state index contributed by atoms with van der Waals surface area (Å²) in [4.78, 5) is 23.9. The number of aryl methyl sites for hydroxylation is 1. The molecule has 37 heavy (non-hydrogen) atoms. The highest BCUT2D eigenvalue weighted by atomic mass is 32.1. The molecule has 2 aromatic heterocycles. The summed E-state index contributed by atoms with van der Waals surface area (Å²) in [6.07, 6.45) is 2.89. The molecule has 2 aliphatic rings. The first kappa shape index (κ1) is 27.4. The fourth-order valence-electron chi connectivity index (χ4n) is 4.78. The first-order valence-corrected chi connectivity index (χ1v) is 13.4. The summed E-state index contributed by atoms with van der Waals surface area (Å²) in [5.74, 6) is 1.42. The van der Waals surface area contributed by atoms with Gasteiger partial charge in [-0.2, -0.15) is 13.2 Å². The zero-order valence-corrected chi connectivity index (χ0v) is 21.7. The van der Waals surface area contributed by atoms with Gasteiger partial charge in [0.25, 0.3) is 11.1 Å². The van der Waals surface area contributed by atoms with Gasteiger partial charge in [-0.05, 0) is 63.0 Å². The topological polar surface area (TPSA) is 93.7 Å². The van der Waals surface area contributed by atoms with E-state index in [2.05, 4.69) is 31.7 Å². The number of halogens is 3. The molecule has 202 valence electrons. The summed E-state index contributed by atoms with van der Waals surface area (Å²) >= 11 is 1.21. The molecular formula is C25H32F3N5O3S. The van der Waals surface area contributed by atoms with Gasteiger partial charge in [-0.1, -0.05) is 17.9 Å². The fourth-order valence-corrected chi connectivity index (χ4v) is 5.76. The molecule has 4 rings (SSSR count).